The van der Waals surface area contributed by atoms with Crippen molar-refractivity contribution in [3.8, 4) is 11.1 Å². The van der Waals surface area contributed by atoms with Crippen LogP contribution >= 0.6 is 0 Å². The number of ether oxygens (including phenoxy) is 1. The van der Waals surface area contributed by atoms with Crippen molar-refractivity contribution >= 4 is 11.7 Å². The van der Waals surface area contributed by atoms with Crippen LogP contribution in [0.2, 0.25) is 0 Å². The van der Waals surface area contributed by atoms with E-state index in [0.717, 1.165) is 12.1 Å². The number of rotatable bonds is 4. The van der Waals surface area contributed by atoms with Crippen LogP contribution in [-0.4, -0.2) is 12.6 Å². The highest BCUT2D eigenvalue weighted by molar-refractivity contribution is 5.90. The van der Waals surface area contributed by atoms with Crippen LogP contribution in [0, 0.1) is 0 Å². The van der Waals surface area contributed by atoms with Gasteiger partial charge < -0.3 is 10.1 Å². The first kappa shape index (κ1) is 23.1. The van der Waals surface area contributed by atoms with E-state index in [9.17, 15) is 4.79 Å². The van der Waals surface area contributed by atoms with Gasteiger partial charge in [-0.3, -0.25) is 0 Å². The molecule has 0 radical (unpaired) electrons. The van der Waals surface area contributed by atoms with Gasteiger partial charge >= 0.3 is 5.97 Å². The monoisotopic (exact) mass is 441 g/mol. The largest absolute Gasteiger partial charge is 0.462 e. The molecule has 33 heavy (non-hydrogen) atoms. The van der Waals surface area contributed by atoms with E-state index in [1.165, 1.54) is 27.8 Å². The molecule has 1 unspecified atom stereocenters. The van der Waals surface area contributed by atoms with Gasteiger partial charge in [-0.15, -0.1) is 0 Å². The van der Waals surface area contributed by atoms with Crippen LogP contribution < -0.4 is 5.32 Å². The summed E-state index contributed by atoms with van der Waals surface area (Å²) in [4.78, 5) is 12.2. The van der Waals surface area contributed by atoms with E-state index in [0.29, 0.717) is 12.2 Å². The molecule has 1 N–H and O–H groups in total. The van der Waals surface area contributed by atoms with Crippen molar-refractivity contribution in [2.45, 2.75) is 64.8 Å². The maximum absolute atomic E-state index is 12.2. The molecule has 0 spiro atoms. The lowest BCUT2D eigenvalue weighted by atomic mass is 9.73. The molecule has 172 valence electrons. The van der Waals surface area contributed by atoms with E-state index >= 15 is 0 Å². The Hall–Kier alpha value is -3.07. The summed E-state index contributed by atoms with van der Waals surface area (Å²) in [5.41, 5.74) is 8.04. The maximum Gasteiger partial charge on any atom is 0.338 e. The lowest BCUT2D eigenvalue weighted by Crippen LogP contribution is -2.31. The molecule has 3 aromatic carbocycles. The molecule has 0 aliphatic carbocycles. The molecule has 0 saturated carbocycles. The van der Waals surface area contributed by atoms with Gasteiger partial charge in [0.15, 0.2) is 0 Å². The molecule has 0 aromatic heterocycles. The normalized spacial score (nSPS) is 17.1. The van der Waals surface area contributed by atoms with Crippen molar-refractivity contribution in [3.63, 3.8) is 0 Å². The summed E-state index contributed by atoms with van der Waals surface area (Å²) in [6, 6.07) is 23.8. The van der Waals surface area contributed by atoms with Gasteiger partial charge in [-0.05, 0) is 76.3 Å². The van der Waals surface area contributed by atoms with E-state index in [-0.39, 0.29) is 22.8 Å². The second-order valence-corrected chi connectivity index (χ2v) is 10.7. The summed E-state index contributed by atoms with van der Waals surface area (Å²) in [7, 11) is 0. The molecule has 4 rings (SSSR count). The molecule has 0 saturated heterocycles. The third-order valence-electron chi connectivity index (χ3n) is 6.68. The number of benzene rings is 3. The molecule has 0 amide bonds. The minimum absolute atomic E-state index is 0.0713. The topological polar surface area (TPSA) is 38.3 Å². The van der Waals surface area contributed by atoms with Crippen molar-refractivity contribution in [1.29, 1.82) is 0 Å². The Balaban J connectivity index is 1.62. The highest BCUT2D eigenvalue weighted by Crippen LogP contribution is 2.44. The maximum atomic E-state index is 12.2. The van der Waals surface area contributed by atoms with Crippen LogP contribution in [0.3, 0.4) is 0 Å². The summed E-state index contributed by atoms with van der Waals surface area (Å²) >= 11 is 0. The first-order valence-electron chi connectivity index (χ1n) is 11.9. The fourth-order valence-corrected chi connectivity index (χ4v) is 4.73. The first-order chi connectivity index (χ1) is 15.6. The molecule has 1 heterocycles. The third kappa shape index (κ3) is 4.83. The van der Waals surface area contributed by atoms with E-state index in [4.69, 9.17) is 4.74 Å². The van der Waals surface area contributed by atoms with E-state index in [1.807, 2.05) is 25.1 Å². The highest BCUT2D eigenvalue weighted by atomic mass is 16.5. The number of fused-ring (bicyclic) bond motifs is 1. The Bertz CT molecular complexity index is 1150. The molecular formula is C30H35NO2. The third-order valence-corrected chi connectivity index (χ3v) is 6.68. The second-order valence-electron chi connectivity index (χ2n) is 10.7. The molecule has 0 fully saturated rings. The fraction of sp³-hybridized carbons (Fsp3) is 0.367. The van der Waals surface area contributed by atoms with E-state index < -0.39 is 0 Å². The van der Waals surface area contributed by atoms with Crippen molar-refractivity contribution in [2.24, 2.45) is 0 Å². The average Bonchev–Trinajstić information content (AvgIpc) is 2.78. The van der Waals surface area contributed by atoms with Gasteiger partial charge in [0.1, 0.15) is 0 Å². The first-order valence-corrected chi connectivity index (χ1v) is 11.9. The molecular weight excluding hydrogens is 406 g/mol. The Morgan fingerprint density at radius 2 is 1.73 bits per heavy atom. The Morgan fingerprint density at radius 1 is 1.00 bits per heavy atom. The van der Waals surface area contributed by atoms with Crippen LogP contribution in [-0.2, 0) is 15.6 Å². The zero-order valence-electron chi connectivity index (χ0n) is 20.7. The Kier molecular flexibility index (Phi) is 6.09. The van der Waals surface area contributed by atoms with Gasteiger partial charge in [0.25, 0.3) is 0 Å². The lowest BCUT2D eigenvalue weighted by Gasteiger charge is -2.39. The van der Waals surface area contributed by atoms with Crippen molar-refractivity contribution in [1.82, 2.24) is 0 Å². The number of nitrogens with one attached hydrogen (secondary N) is 1. The van der Waals surface area contributed by atoms with Gasteiger partial charge in [-0.25, -0.2) is 4.79 Å². The average molecular weight is 442 g/mol. The predicted molar refractivity (Wildman–Crippen MR) is 137 cm³/mol. The van der Waals surface area contributed by atoms with Gasteiger partial charge in [0, 0.05) is 5.69 Å². The van der Waals surface area contributed by atoms with Gasteiger partial charge in [0.05, 0.1) is 18.2 Å². The zero-order valence-corrected chi connectivity index (χ0v) is 20.7. The van der Waals surface area contributed by atoms with Crippen molar-refractivity contribution in [2.75, 3.05) is 11.9 Å². The van der Waals surface area contributed by atoms with Crippen LogP contribution in [0.1, 0.15) is 81.1 Å². The Morgan fingerprint density at radius 3 is 2.39 bits per heavy atom. The molecule has 3 heteroatoms. The number of carbonyl (C=O) groups excluding carboxylic acids is 1. The zero-order chi connectivity index (χ0) is 23.8. The second kappa shape index (κ2) is 8.70. The molecule has 1 atom stereocenters. The molecule has 1 aliphatic rings. The van der Waals surface area contributed by atoms with Gasteiger partial charge in [-0.2, -0.15) is 0 Å². The van der Waals surface area contributed by atoms with E-state index in [2.05, 4.69) is 88.5 Å². The van der Waals surface area contributed by atoms with Crippen LogP contribution in [0.15, 0.2) is 66.7 Å². The predicted octanol–water partition coefficient (Wildman–Crippen LogP) is 7.66. The van der Waals surface area contributed by atoms with Gasteiger partial charge in [0.2, 0.25) is 0 Å². The number of hydrogen-bond donors (Lipinski definition) is 1. The summed E-state index contributed by atoms with van der Waals surface area (Å²) in [5, 5.41) is 3.72. The van der Waals surface area contributed by atoms with Crippen molar-refractivity contribution < 1.29 is 9.53 Å². The molecule has 0 bridgehead atoms. The Labute approximate surface area is 198 Å². The smallest absolute Gasteiger partial charge is 0.338 e. The SMILES string of the molecule is CCOC(=O)c1ccc2c(c1)C(C)(C)CC(c1cccc(-c3ccc(C(C)(C)C)cc3)c1)N2. The summed E-state index contributed by atoms with van der Waals surface area (Å²) < 4.78 is 5.20. The van der Waals surface area contributed by atoms with E-state index in [1.54, 1.807) is 0 Å². The van der Waals surface area contributed by atoms with Gasteiger partial charge in [-0.1, -0.05) is 77.1 Å². The molecule has 1 aliphatic heterocycles. The fourth-order valence-electron chi connectivity index (χ4n) is 4.73. The van der Waals surface area contributed by atoms with Crippen LogP contribution in [0.25, 0.3) is 11.1 Å². The van der Waals surface area contributed by atoms with Crippen LogP contribution in [0.5, 0.6) is 0 Å². The number of esters is 1. The molecule has 3 nitrogen and oxygen atoms in total. The summed E-state index contributed by atoms with van der Waals surface area (Å²) in [5.74, 6) is -0.261. The highest BCUT2D eigenvalue weighted by Gasteiger charge is 2.34. The minimum atomic E-state index is -0.261. The molecule has 3 aromatic rings. The standard InChI is InChI=1S/C30H35NO2/c1-7-33-28(32)23-13-16-26-25(18-23)30(5,6)19-27(31-26)22-10-8-9-21(17-22)20-11-14-24(15-12-20)29(2,3)4/h8-18,27,31H,7,19H2,1-6H3. The summed E-state index contributed by atoms with van der Waals surface area (Å²) in [6.45, 7) is 13.5. The number of anilines is 1. The minimum Gasteiger partial charge on any atom is -0.462 e. The van der Waals surface area contributed by atoms with Crippen molar-refractivity contribution in [3.05, 3.63) is 89.0 Å². The quantitative estimate of drug-likeness (QED) is 0.422. The lowest BCUT2D eigenvalue weighted by molar-refractivity contribution is 0.0526. The number of hydrogen-bond acceptors (Lipinski definition) is 3. The number of carbonyl (C=O) groups is 1. The van der Waals surface area contributed by atoms with Crippen LogP contribution in [0.4, 0.5) is 5.69 Å². The summed E-state index contributed by atoms with van der Waals surface area (Å²) in [6.07, 6.45) is 0.943.